The fraction of sp³-hybridized carbons (Fsp3) is 0.190. The minimum absolute atomic E-state index is 0.0537. The number of carbonyl (C=O) groups is 1. The molecule has 120 valence electrons. The van der Waals surface area contributed by atoms with Gasteiger partial charge < -0.3 is 4.57 Å². The fourth-order valence-corrected chi connectivity index (χ4v) is 3.46. The Morgan fingerprint density at radius 2 is 2.00 bits per heavy atom. The van der Waals surface area contributed by atoms with Crippen LogP contribution in [-0.2, 0) is 13.0 Å². The summed E-state index contributed by atoms with van der Waals surface area (Å²) in [5.41, 5.74) is 4.41. The largest absolute Gasteiger partial charge is 0.348 e. The van der Waals surface area contributed by atoms with E-state index in [0.29, 0.717) is 12.0 Å². The summed E-state index contributed by atoms with van der Waals surface area (Å²) in [6.45, 7) is 3.05. The van der Waals surface area contributed by atoms with E-state index in [1.807, 2.05) is 12.1 Å². The minimum atomic E-state index is -0.356. The lowest BCUT2D eigenvalue weighted by Gasteiger charge is -2.17. The fourth-order valence-electron chi connectivity index (χ4n) is 3.46. The molecule has 0 saturated carbocycles. The molecule has 24 heavy (non-hydrogen) atoms. The minimum Gasteiger partial charge on any atom is -0.348 e. The number of rotatable bonds is 2. The normalized spacial score (nSPS) is 15.9. The molecule has 2 nitrogen and oxygen atoms in total. The van der Waals surface area contributed by atoms with E-state index in [0.717, 1.165) is 29.7 Å². The van der Waals surface area contributed by atoms with Gasteiger partial charge >= 0.3 is 0 Å². The summed E-state index contributed by atoms with van der Waals surface area (Å²) >= 11 is 0. The zero-order valence-electron chi connectivity index (χ0n) is 13.6. The lowest BCUT2D eigenvalue weighted by atomic mass is 9.86. The van der Waals surface area contributed by atoms with Crippen LogP contribution in [0.15, 0.2) is 54.2 Å². The molecule has 0 N–H and O–H groups in total. The number of aromatic nitrogens is 1. The van der Waals surface area contributed by atoms with Crippen LogP contribution in [0.4, 0.5) is 4.39 Å². The molecule has 0 unspecified atom stereocenters. The molecule has 0 saturated heterocycles. The van der Waals surface area contributed by atoms with Crippen molar-refractivity contribution in [3.63, 3.8) is 0 Å². The number of hydrogen-bond donors (Lipinski definition) is 0. The summed E-state index contributed by atoms with van der Waals surface area (Å²) < 4.78 is 15.6. The van der Waals surface area contributed by atoms with Gasteiger partial charge in [0, 0.05) is 34.8 Å². The topological polar surface area (TPSA) is 22.0 Å². The number of hydrogen-bond acceptors (Lipinski definition) is 1. The molecule has 0 radical (unpaired) electrons. The molecule has 4 rings (SSSR count). The SMILES string of the molecule is CCn1ccc2cc(/C=C3\CCc4ccc(F)cc4C3=O)ccc21. The van der Waals surface area contributed by atoms with Crippen LogP contribution in [0.2, 0.25) is 0 Å². The Kier molecular flexibility index (Phi) is 3.57. The maximum absolute atomic E-state index is 13.5. The quantitative estimate of drug-likeness (QED) is 0.608. The van der Waals surface area contributed by atoms with Crippen LogP contribution >= 0.6 is 0 Å². The number of fused-ring (bicyclic) bond motifs is 2. The standard InChI is InChI=1S/C21H18FNO/c1-2-23-10-9-16-11-14(3-8-20(16)23)12-17-5-4-15-6-7-18(22)13-19(15)21(17)24/h3,6-13H,2,4-5H2,1H3/b17-12+. The monoisotopic (exact) mass is 319 g/mol. The van der Waals surface area contributed by atoms with E-state index in [9.17, 15) is 9.18 Å². The molecule has 1 aliphatic carbocycles. The average Bonchev–Trinajstić information content (AvgIpc) is 3.00. The zero-order chi connectivity index (χ0) is 16.7. The van der Waals surface area contributed by atoms with Crippen molar-refractivity contribution in [1.29, 1.82) is 0 Å². The Morgan fingerprint density at radius 1 is 1.12 bits per heavy atom. The van der Waals surface area contributed by atoms with E-state index in [1.54, 1.807) is 6.07 Å². The van der Waals surface area contributed by atoms with E-state index in [-0.39, 0.29) is 11.6 Å². The van der Waals surface area contributed by atoms with Gasteiger partial charge in [-0.05, 0) is 67.3 Å². The lowest BCUT2D eigenvalue weighted by Crippen LogP contribution is -2.14. The molecule has 0 amide bonds. The molecule has 0 fully saturated rings. The summed E-state index contributed by atoms with van der Waals surface area (Å²) in [6, 6.07) is 12.8. The predicted molar refractivity (Wildman–Crippen MR) is 94.6 cm³/mol. The van der Waals surface area contributed by atoms with Crippen molar-refractivity contribution < 1.29 is 9.18 Å². The molecular weight excluding hydrogens is 301 g/mol. The van der Waals surface area contributed by atoms with Gasteiger partial charge in [-0.15, -0.1) is 0 Å². The second-order valence-corrected chi connectivity index (χ2v) is 6.22. The second kappa shape index (κ2) is 5.75. The van der Waals surface area contributed by atoms with Crippen LogP contribution in [0.25, 0.3) is 17.0 Å². The van der Waals surface area contributed by atoms with Gasteiger partial charge in [-0.25, -0.2) is 4.39 Å². The van der Waals surface area contributed by atoms with Crippen LogP contribution < -0.4 is 0 Å². The number of aryl methyl sites for hydroxylation is 2. The van der Waals surface area contributed by atoms with Gasteiger partial charge in [0.15, 0.2) is 5.78 Å². The molecule has 1 aliphatic rings. The number of Topliss-reactive ketones (excluding diaryl/α,β-unsaturated/α-hetero) is 1. The van der Waals surface area contributed by atoms with E-state index < -0.39 is 0 Å². The van der Waals surface area contributed by atoms with Gasteiger partial charge in [0.2, 0.25) is 0 Å². The number of nitrogens with zero attached hydrogens (tertiary/aromatic N) is 1. The van der Waals surface area contributed by atoms with Crippen molar-refractivity contribution in [2.45, 2.75) is 26.3 Å². The number of benzene rings is 2. The predicted octanol–water partition coefficient (Wildman–Crippen LogP) is 5.01. The first kappa shape index (κ1) is 14.9. The molecule has 1 heterocycles. The first-order valence-electron chi connectivity index (χ1n) is 8.28. The molecule has 2 aromatic carbocycles. The third-order valence-electron chi connectivity index (χ3n) is 4.75. The molecule has 3 aromatic rings. The van der Waals surface area contributed by atoms with Crippen molar-refractivity contribution in [2.24, 2.45) is 0 Å². The van der Waals surface area contributed by atoms with E-state index >= 15 is 0 Å². The van der Waals surface area contributed by atoms with Gasteiger partial charge in [-0.1, -0.05) is 12.1 Å². The third kappa shape index (κ3) is 2.46. The molecule has 0 spiro atoms. The van der Waals surface area contributed by atoms with Crippen LogP contribution in [0.5, 0.6) is 0 Å². The number of carbonyl (C=O) groups excluding carboxylic acids is 1. The van der Waals surface area contributed by atoms with Crippen LogP contribution in [0.3, 0.4) is 0 Å². The smallest absolute Gasteiger partial charge is 0.189 e. The molecule has 1 aromatic heterocycles. The Bertz CT molecular complexity index is 981. The van der Waals surface area contributed by atoms with Crippen molar-refractivity contribution in [3.8, 4) is 0 Å². The van der Waals surface area contributed by atoms with Crippen molar-refractivity contribution in [3.05, 3.63) is 76.7 Å². The first-order chi connectivity index (χ1) is 11.7. The van der Waals surface area contributed by atoms with Gasteiger partial charge in [0.05, 0.1) is 0 Å². The maximum Gasteiger partial charge on any atom is 0.189 e. The summed E-state index contributed by atoms with van der Waals surface area (Å²) in [5, 5.41) is 1.17. The lowest BCUT2D eigenvalue weighted by molar-refractivity contribution is 0.102. The Labute approximate surface area is 140 Å². The second-order valence-electron chi connectivity index (χ2n) is 6.22. The molecule has 0 atom stereocenters. The first-order valence-corrected chi connectivity index (χ1v) is 8.28. The molecule has 0 aliphatic heterocycles. The molecule has 0 bridgehead atoms. The van der Waals surface area contributed by atoms with Gasteiger partial charge in [0.25, 0.3) is 0 Å². The van der Waals surface area contributed by atoms with Gasteiger partial charge in [-0.3, -0.25) is 4.79 Å². The van der Waals surface area contributed by atoms with Gasteiger partial charge in [-0.2, -0.15) is 0 Å². The van der Waals surface area contributed by atoms with Crippen molar-refractivity contribution in [2.75, 3.05) is 0 Å². The molecular formula is C21H18FNO. The third-order valence-corrected chi connectivity index (χ3v) is 4.75. The Balaban J connectivity index is 1.72. The summed E-state index contributed by atoms with van der Waals surface area (Å²) in [5.74, 6) is -0.410. The zero-order valence-corrected chi connectivity index (χ0v) is 13.6. The van der Waals surface area contributed by atoms with Gasteiger partial charge in [0.1, 0.15) is 5.82 Å². The average molecular weight is 319 g/mol. The Morgan fingerprint density at radius 3 is 2.83 bits per heavy atom. The highest BCUT2D eigenvalue weighted by atomic mass is 19.1. The summed E-state index contributed by atoms with van der Waals surface area (Å²) in [6.07, 6.45) is 5.50. The number of halogens is 1. The highest BCUT2D eigenvalue weighted by Crippen LogP contribution is 2.28. The maximum atomic E-state index is 13.5. The van der Waals surface area contributed by atoms with Crippen LogP contribution in [0, 0.1) is 5.82 Å². The van der Waals surface area contributed by atoms with Crippen LogP contribution in [0.1, 0.15) is 34.8 Å². The Hall–Kier alpha value is -2.68. The van der Waals surface area contributed by atoms with Crippen molar-refractivity contribution in [1.82, 2.24) is 4.57 Å². The molecule has 3 heteroatoms. The summed E-state index contributed by atoms with van der Waals surface area (Å²) in [4.78, 5) is 12.6. The van der Waals surface area contributed by atoms with Crippen molar-refractivity contribution >= 4 is 22.8 Å². The van der Waals surface area contributed by atoms with E-state index in [2.05, 4.69) is 35.9 Å². The van der Waals surface area contributed by atoms with E-state index in [1.165, 1.54) is 23.0 Å². The highest BCUT2D eigenvalue weighted by Gasteiger charge is 2.22. The number of allylic oxidation sites excluding steroid dienone is 1. The van der Waals surface area contributed by atoms with E-state index in [4.69, 9.17) is 0 Å². The summed E-state index contributed by atoms with van der Waals surface area (Å²) in [7, 11) is 0. The number of ketones is 1. The highest BCUT2D eigenvalue weighted by molar-refractivity contribution is 6.13. The van der Waals surface area contributed by atoms with Crippen LogP contribution in [-0.4, -0.2) is 10.4 Å².